The number of hydrogen-bond donors (Lipinski definition) is 2. The highest BCUT2D eigenvalue weighted by Gasteiger charge is 2.03. The number of nitrogens with one attached hydrogen (secondary N) is 1. The molecule has 0 aliphatic heterocycles. The fourth-order valence-electron chi connectivity index (χ4n) is 1.07. The lowest BCUT2D eigenvalue weighted by Gasteiger charge is -2.07. The maximum absolute atomic E-state index is 12.9. The van der Waals surface area contributed by atoms with Gasteiger partial charge in [-0.1, -0.05) is 0 Å². The van der Waals surface area contributed by atoms with E-state index in [1.54, 1.807) is 6.07 Å². The van der Waals surface area contributed by atoms with E-state index < -0.39 is 0 Å². The van der Waals surface area contributed by atoms with Gasteiger partial charge in [-0.3, -0.25) is 10.2 Å². The van der Waals surface area contributed by atoms with Crippen molar-refractivity contribution in [3.63, 3.8) is 0 Å². The Balaban J connectivity index is 2.37. The maximum Gasteiger partial charge on any atom is 0.234 e. The van der Waals surface area contributed by atoms with E-state index in [1.165, 1.54) is 12.1 Å². The van der Waals surface area contributed by atoms with Crippen LogP contribution in [0, 0.1) is 5.82 Å². The first-order valence-corrected chi connectivity index (χ1v) is 5.50. The van der Waals surface area contributed by atoms with E-state index in [0.29, 0.717) is 23.2 Å². The Kier molecular flexibility index (Phi) is 5.21. The Bertz CT molecular complexity index is 374. The number of rotatable bonds is 5. The highest BCUT2D eigenvalue weighted by atomic mass is 79.9. The van der Waals surface area contributed by atoms with Crippen LogP contribution in [0.1, 0.15) is 12.8 Å². The van der Waals surface area contributed by atoms with E-state index >= 15 is 0 Å². The number of carbonyl (C=O) groups excluding carboxylic acids is 1. The van der Waals surface area contributed by atoms with Crippen LogP contribution < -0.4 is 16.0 Å². The predicted molar refractivity (Wildman–Crippen MR) is 61.2 cm³/mol. The molecule has 88 valence electrons. The van der Waals surface area contributed by atoms with Gasteiger partial charge in [0, 0.05) is 12.5 Å². The molecule has 0 saturated heterocycles. The Morgan fingerprint density at radius 2 is 2.31 bits per heavy atom. The second-order valence-corrected chi connectivity index (χ2v) is 3.95. The first kappa shape index (κ1) is 12.9. The van der Waals surface area contributed by atoms with E-state index in [1.807, 2.05) is 5.43 Å². The topological polar surface area (TPSA) is 64.3 Å². The lowest BCUT2D eigenvalue weighted by molar-refractivity contribution is -0.121. The third-order valence-electron chi connectivity index (χ3n) is 1.86. The molecule has 16 heavy (non-hydrogen) atoms. The maximum atomic E-state index is 12.9. The van der Waals surface area contributed by atoms with E-state index in [9.17, 15) is 9.18 Å². The summed E-state index contributed by atoms with van der Waals surface area (Å²) >= 11 is 3.23. The molecule has 1 aromatic rings. The number of hydrazine groups is 1. The van der Waals surface area contributed by atoms with Crippen LogP contribution in [0.4, 0.5) is 4.39 Å². The molecule has 6 heteroatoms. The average Bonchev–Trinajstić information content (AvgIpc) is 2.28. The molecule has 0 aliphatic rings. The molecule has 0 bridgehead atoms. The lowest BCUT2D eigenvalue weighted by Crippen LogP contribution is -2.29. The minimum atomic E-state index is -0.363. The molecule has 1 amide bonds. The van der Waals surface area contributed by atoms with Crippen LogP contribution in [0.3, 0.4) is 0 Å². The molecular weight excluding hydrogens is 279 g/mol. The zero-order chi connectivity index (χ0) is 12.0. The molecule has 0 atom stereocenters. The number of nitrogens with two attached hydrogens (primary N) is 1. The summed E-state index contributed by atoms with van der Waals surface area (Å²) < 4.78 is 18.8. The van der Waals surface area contributed by atoms with Gasteiger partial charge in [0.15, 0.2) is 0 Å². The van der Waals surface area contributed by atoms with Crippen molar-refractivity contribution in [2.45, 2.75) is 12.8 Å². The Hall–Kier alpha value is -1.14. The van der Waals surface area contributed by atoms with Crippen molar-refractivity contribution in [3.05, 3.63) is 28.5 Å². The van der Waals surface area contributed by atoms with Gasteiger partial charge in [0.1, 0.15) is 11.6 Å². The monoisotopic (exact) mass is 290 g/mol. The normalized spacial score (nSPS) is 9.94. The summed E-state index contributed by atoms with van der Waals surface area (Å²) in [5, 5.41) is 0. The van der Waals surface area contributed by atoms with Gasteiger partial charge in [-0.25, -0.2) is 10.2 Å². The predicted octanol–water partition coefficient (Wildman–Crippen LogP) is 1.74. The zero-order valence-corrected chi connectivity index (χ0v) is 10.1. The Morgan fingerprint density at radius 1 is 1.56 bits per heavy atom. The van der Waals surface area contributed by atoms with Crippen LogP contribution in [0.2, 0.25) is 0 Å². The minimum Gasteiger partial charge on any atom is -0.492 e. The summed E-state index contributed by atoms with van der Waals surface area (Å²) in [6.07, 6.45) is 0.801. The summed E-state index contributed by atoms with van der Waals surface area (Å²) in [6.45, 7) is 0.329. The van der Waals surface area contributed by atoms with Crippen LogP contribution in [-0.4, -0.2) is 12.5 Å². The van der Waals surface area contributed by atoms with Crippen LogP contribution >= 0.6 is 15.9 Å². The third-order valence-corrected chi connectivity index (χ3v) is 2.52. The van der Waals surface area contributed by atoms with Crippen LogP contribution in [-0.2, 0) is 4.79 Å². The van der Waals surface area contributed by atoms with E-state index in [2.05, 4.69) is 15.9 Å². The van der Waals surface area contributed by atoms with Gasteiger partial charge >= 0.3 is 0 Å². The van der Waals surface area contributed by atoms with E-state index in [4.69, 9.17) is 10.6 Å². The van der Waals surface area contributed by atoms with Crippen molar-refractivity contribution in [1.29, 1.82) is 0 Å². The van der Waals surface area contributed by atoms with Gasteiger partial charge in [0.25, 0.3) is 0 Å². The van der Waals surface area contributed by atoms with Crippen molar-refractivity contribution < 1.29 is 13.9 Å². The lowest BCUT2D eigenvalue weighted by atomic mass is 10.3. The first-order chi connectivity index (χ1) is 7.63. The summed E-state index contributed by atoms with van der Waals surface area (Å²) in [6, 6.07) is 4.18. The van der Waals surface area contributed by atoms with Gasteiger partial charge < -0.3 is 4.74 Å². The smallest absolute Gasteiger partial charge is 0.234 e. The van der Waals surface area contributed by atoms with Crippen LogP contribution in [0.25, 0.3) is 0 Å². The van der Waals surface area contributed by atoms with Crippen molar-refractivity contribution in [2.24, 2.45) is 5.84 Å². The summed E-state index contributed by atoms with van der Waals surface area (Å²) in [5.41, 5.74) is 2.02. The Labute approximate surface area is 101 Å². The number of ether oxygens (including phenoxy) is 1. The SMILES string of the molecule is NNC(=O)CCCOc1cc(F)ccc1Br. The van der Waals surface area contributed by atoms with E-state index in [-0.39, 0.29) is 18.1 Å². The molecule has 0 aromatic heterocycles. The number of benzene rings is 1. The molecular formula is C10H12BrFN2O2. The average molecular weight is 291 g/mol. The second kappa shape index (κ2) is 6.44. The minimum absolute atomic E-state index is 0.248. The molecule has 0 aliphatic carbocycles. The quantitative estimate of drug-likeness (QED) is 0.376. The zero-order valence-electron chi connectivity index (χ0n) is 8.50. The van der Waals surface area contributed by atoms with Crippen molar-refractivity contribution in [2.75, 3.05) is 6.61 Å². The van der Waals surface area contributed by atoms with Crippen LogP contribution in [0.5, 0.6) is 5.75 Å². The first-order valence-electron chi connectivity index (χ1n) is 4.71. The molecule has 0 fully saturated rings. The number of hydrogen-bond acceptors (Lipinski definition) is 3. The second-order valence-electron chi connectivity index (χ2n) is 3.09. The molecule has 1 rings (SSSR count). The van der Waals surface area contributed by atoms with E-state index in [0.717, 1.165) is 0 Å². The number of carbonyl (C=O) groups is 1. The van der Waals surface area contributed by atoms with Gasteiger partial charge in [0.05, 0.1) is 11.1 Å². The van der Waals surface area contributed by atoms with Crippen molar-refractivity contribution in [1.82, 2.24) is 5.43 Å². The summed E-state index contributed by atoms with van der Waals surface area (Å²) in [4.78, 5) is 10.8. The molecule has 3 N–H and O–H groups in total. The molecule has 0 spiro atoms. The van der Waals surface area contributed by atoms with Gasteiger partial charge in [0.2, 0.25) is 5.91 Å². The molecule has 0 unspecified atom stereocenters. The fraction of sp³-hybridized carbons (Fsp3) is 0.300. The standard InChI is InChI=1S/C10H12BrFN2O2/c11-8-4-3-7(12)6-9(8)16-5-1-2-10(15)14-13/h3-4,6H,1-2,5,13H2,(H,14,15). The number of amides is 1. The van der Waals surface area contributed by atoms with Gasteiger partial charge in [-0.2, -0.15) is 0 Å². The molecule has 1 aromatic carbocycles. The van der Waals surface area contributed by atoms with Crippen LogP contribution in [0.15, 0.2) is 22.7 Å². The Morgan fingerprint density at radius 3 is 3.00 bits per heavy atom. The third kappa shape index (κ3) is 4.16. The van der Waals surface area contributed by atoms with Gasteiger partial charge in [-0.05, 0) is 34.5 Å². The molecule has 0 radical (unpaired) electrons. The highest BCUT2D eigenvalue weighted by molar-refractivity contribution is 9.10. The largest absolute Gasteiger partial charge is 0.492 e. The molecule has 0 saturated carbocycles. The summed E-state index contributed by atoms with van der Waals surface area (Å²) in [5.74, 6) is 4.72. The number of halogens is 2. The highest BCUT2D eigenvalue weighted by Crippen LogP contribution is 2.25. The molecule has 4 nitrogen and oxygen atoms in total. The van der Waals surface area contributed by atoms with Gasteiger partial charge in [-0.15, -0.1) is 0 Å². The fourth-order valence-corrected chi connectivity index (χ4v) is 1.44. The summed E-state index contributed by atoms with van der Waals surface area (Å²) in [7, 11) is 0. The van der Waals surface area contributed by atoms with Crippen molar-refractivity contribution in [3.8, 4) is 5.75 Å². The molecule has 0 heterocycles. The van der Waals surface area contributed by atoms with Crippen molar-refractivity contribution >= 4 is 21.8 Å².